The molecule has 1 aliphatic heterocycles. The number of carbonyl (C=O) groups excluding carboxylic acids is 1. The maximum absolute atomic E-state index is 12.3. The lowest BCUT2D eigenvalue weighted by Crippen LogP contribution is -2.39. The molecule has 1 saturated heterocycles. The van der Waals surface area contributed by atoms with E-state index in [2.05, 4.69) is 29.0 Å². The van der Waals surface area contributed by atoms with Crippen molar-refractivity contribution >= 4 is 5.91 Å². The smallest absolute Gasteiger partial charge is 0.236 e. The number of aryl methyl sites for hydroxylation is 2. The summed E-state index contributed by atoms with van der Waals surface area (Å²) < 4.78 is 1.82. The van der Waals surface area contributed by atoms with Crippen LogP contribution in [0.5, 0.6) is 0 Å². The van der Waals surface area contributed by atoms with Gasteiger partial charge in [0.05, 0.1) is 12.7 Å². The van der Waals surface area contributed by atoms with E-state index in [0.29, 0.717) is 12.6 Å². The average molecular weight is 307 g/mol. The lowest BCUT2D eigenvalue weighted by atomic mass is 10.2. The summed E-state index contributed by atoms with van der Waals surface area (Å²) in [6.45, 7) is 3.38. The van der Waals surface area contributed by atoms with Gasteiger partial charge in [0.2, 0.25) is 5.91 Å². The van der Waals surface area contributed by atoms with Crippen molar-refractivity contribution in [2.75, 3.05) is 47.3 Å². The first-order valence-electron chi connectivity index (χ1n) is 8.06. The minimum atomic E-state index is 0.227. The van der Waals surface area contributed by atoms with Crippen LogP contribution < -0.4 is 0 Å². The van der Waals surface area contributed by atoms with E-state index in [9.17, 15) is 4.79 Å². The van der Waals surface area contributed by atoms with E-state index in [1.807, 2.05) is 36.1 Å². The largest absolute Gasteiger partial charge is 0.345 e. The van der Waals surface area contributed by atoms with Gasteiger partial charge in [0.1, 0.15) is 0 Å². The Morgan fingerprint density at radius 3 is 2.77 bits per heavy atom. The van der Waals surface area contributed by atoms with E-state index in [4.69, 9.17) is 0 Å². The Balaban J connectivity index is 1.66. The van der Waals surface area contributed by atoms with Gasteiger partial charge >= 0.3 is 0 Å². The normalized spacial score (nSPS) is 19.0. The summed E-state index contributed by atoms with van der Waals surface area (Å²) in [5.41, 5.74) is 1.23. The van der Waals surface area contributed by atoms with Gasteiger partial charge in [0.15, 0.2) is 0 Å². The van der Waals surface area contributed by atoms with Crippen LogP contribution in [0.15, 0.2) is 12.4 Å². The third kappa shape index (κ3) is 4.81. The van der Waals surface area contributed by atoms with Crippen molar-refractivity contribution in [1.82, 2.24) is 24.5 Å². The van der Waals surface area contributed by atoms with E-state index in [0.717, 1.165) is 38.9 Å². The van der Waals surface area contributed by atoms with Gasteiger partial charge in [0.25, 0.3) is 0 Å². The SMILES string of the molecule is CN(CCCc1cnn(C)c1)C(=O)CN1CCC(N(C)C)C1. The zero-order chi connectivity index (χ0) is 16.1. The summed E-state index contributed by atoms with van der Waals surface area (Å²) in [4.78, 5) is 18.7. The maximum atomic E-state index is 12.3. The molecule has 2 rings (SSSR count). The fraction of sp³-hybridized carbons (Fsp3) is 0.750. The number of rotatable bonds is 7. The average Bonchev–Trinajstić information content (AvgIpc) is 3.08. The minimum Gasteiger partial charge on any atom is -0.345 e. The number of likely N-dealkylation sites (N-methyl/N-ethyl adjacent to an activating group) is 2. The molecule has 1 aromatic rings. The van der Waals surface area contributed by atoms with Crippen molar-refractivity contribution in [1.29, 1.82) is 0 Å². The summed E-state index contributed by atoms with van der Waals surface area (Å²) >= 11 is 0. The molecule has 1 aliphatic rings. The van der Waals surface area contributed by atoms with Gasteiger partial charge in [0, 0.05) is 46.0 Å². The van der Waals surface area contributed by atoms with Crippen LogP contribution in [0.3, 0.4) is 0 Å². The van der Waals surface area contributed by atoms with Crippen molar-refractivity contribution in [2.45, 2.75) is 25.3 Å². The summed E-state index contributed by atoms with van der Waals surface area (Å²) in [6, 6.07) is 0.587. The number of aromatic nitrogens is 2. The molecule has 124 valence electrons. The molecule has 1 aromatic heterocycles. The Labute approximate surface area is 133 Å². The highest BCUT2D eigenvalue weighted by Crippen LogP contribution is 2.13. The lowest BCUT2D eigenvalue weighted by Gasteiger charge is -2.23. The van der Waals surface area contributed by atoms with Crippen LogP contribution in [0.4, 0.5) is 0 Å². The van der Waals surface area contributed by atoms with Crippen LogP contribution in [-0.4, -0.2) is 83.8 Å². The minimum absolute atomic E-state index is 0.227. The highest BCUT2D eigenvalue weighted by atomic mass is 16.2. The molecule has 6 nitrogen and oxygen atoms in total. The number of nitrogens with zero attached hydrogens (tertiary/aromatic N) is 5. The fourth-order valence-electron chi connectivity index (χ4n) is 2.94. The van der Waals surface area contributed by atoms with Gasteiger partial charge in [-0.1, -0.05) is 0 Å². The molecule has 0 N–H and O–H groups in total. The lowest BCUT2D eigenvalue weighted by molar-refractivity contribution is -0.130. The monoisotopic (exact) mass is 307 g/mol. The summed E-state index contributed by atoms with van der Waals surface area (Å²) in [5, 5.41) is 4.16. The molecule has 0 aliphatic carbocycles. The first-order valence-corrected chi connectivity index (χ1v) is 8.06. The number of amides is 1. The van der Waals surface area contributed by atoms with Crippen molar-refractivity contribution in [2.24, 2.45) is 7.05 Å². The molecule has 0 spiro atoms. The second kappa shape index (κ2) is 7.74. The molecule has 1 fully saturated rings. The van der Waals surface area contributed by atoms with E-state index in [-0.39, 0.29) is 5.91 Å². The fourth-order valence-corrected chi connectivity index (χ4v) is 2.94. The van der Waals surface area contributed by atoms with Crippen LogP contribution in [0.2, 0.25) is 0 Å². The molecule has 0 radical (unpaired) electrons. The Bertz CT molecular complexity index is 485. The number of hydrogen-bond acceptors (Lipinski definition) is 4. The molecule has 2 heterocycles. The highest BCUT2D eigenvalue weighted by Gasteiger charge is 2.25. The molecule has 1 unspecified atom stereocenters. The van der Waals surface area contributed by atoms with Crippen molar-refractivity contribution in [3.05, 3.63) is 18.0 Å². The standard InChI is InChI=1S/C16H29N5O/c1-18(2)15-7-9-21(12-15)13-16(22)19(3)8-5-6-14-10-17-20(4)11-14/h10-11,15H,5-9,12-13H2,1-4H3. The van der Waals surface area contributed by atoms with E-state index >= 15 is 0 Å². The molecule has 6 heteroatoms. The molecular formula is C16H29N5O. The maximum Gasteiger partial charge on any atom is 0.236 e. The Hall–Kier alpha value is -1.40. The topological polar surface area (TPSA) is 44.6 Å². The number of hydrogen-bond donors (Lipinski definition) is 0. The number of carbonyl (C=O) groups is 1. The van der Waals surface area contributed by atoms with E-state index in [1.54, 1.807) is 0 Å². The Morgan fingerprint density at radius 1 is 1.41 bits per heavy atom. The molecule has 0 saturated carbocycles. The molecular weight excluding hydrogens is 278 g/mol. The predicted molar refractivity (Wildman–Crippen MR) is 87.7 cm³/mol. The Morgan fingerprint density at radius 2 is 2.18 bits per heavy atom. The van der Waals surface area contributed by atoms with Crippen LogP contribution in [0, 0.1) is 0 Å². The van der Waals surface area contributed by atoms with Crippen LogP contribution >= 0.6 is 0 Å². The van der Waals surface area contributed by atoms with Gasteiger partial charge in [-0.05, 0) is 38.9 Å². The molecule has 22 heavy (non-hydrogen) atoms. The second-order valence-electron chi connectivity index (χ2n) is 6.58. The van der Waals surface area contributed by atoms with Crippen LogP contribution in [-0.2, 0) is 18.3 Å². The van der Waals surface area contributed by atoms with Gasteiger partial charge < -0.3 is 9.80 Å². The zero-order valence-corrected chi connectivity index (χ0v) is 14.3. The van der Waals surface area contributed by atoms with Crippen LogP contribution in [0.25, 0.3) is 0 Å². The summed E-state index contributed by atoms with van der Waals surface area (Å²) in [5.74, 6) is 0.227. The highest BCUT2D eigenvalue weighted by molar-refractivity contribution is 5.78. The van der Waals surface area contributed by atoms with Gasteiger partial charge in [-0.25, -0.2) is 0 Å². The van der Waals surface area contributed by atoms with Crippen molar-refractivity contribution in [3.63, 3.8) is 0 Å². The van der Waals surface area contributed by atoms with E-state index < -0.39 is 0 Å². The third-order valence-corrected chi connectivity index (χ3v) is 4.48. The second-order valence-corrected chi connectivity index (χ2v) is 6.58. The first kappa shape index (κ1) is 17.0. The van der Waals surface area contributed by atoms with Crippen molar-refractivity contribution in [3.8, 4) is 0 Å². The Kier molecular flexibility index (Phi) is 5.97. The predicted octanol–water partition coefficient (Wildman–Crippen LogP) is 0.447. The first-order chi connectivity index (χ1) is 10.5. The van der Waals surface area contributed by atoms with Gasteiger partial charge in [-0.2, -0.15) is 5.10 Å². The van der Waals surface area contributed by atoms with Crippen molar-refractivity contribution < 1.29 is 4.79 Å². The van der Waals surface area contributed by atoms with E-state index in [1.165, 1.54) is 5.56 Å². The molecule has 0 bridgehead atoms. The van der Waals surface area contributed by atoms with Gasteiger partial charge in [-0.3, -0.25) is 14.4 Å². The summed E-state index contributed by atoms with van der Waals surface area (Å²) in [7, 11) is 8.06. The molecule has 1 amide bonds. The molecule has 0 aromatic carbocycles. The molecule has 1 atom stereocenters. The van der Waals surface area contributed by atoms with Crippen LogP contribution in [0.1, 0.15) is 18.4 Å². The quantitative estimate of drug-likeness (QED) is 0.733. The third-order valence-electron chi connectivity index (χ3n) is 4.48. The zero-order valence-electron chi connectivity index (χ0n) is 14.3. The summed E-state index contributed by atoms with van der Waals surface area (Å²) in [6.07, 6.45) is 7.04. The van der Waals surface area contributed by atoms with Gasteiger partial charge in [-0.15, -0.1) is 0 Å². The number of likely N-dealkylation sites (tertiary alicyclic amines) is 1.